The Hall–Kier alpha value is -0.410. The molecule has 3 heteroatoms. The van der Waals surface area contributed by atoms with Crippen LogP contribution in [0.3, 0.4) is 0 Å². The summed E-state index contributed by atoms with van der Waals surface area (Å²) in [5.74, 6) is 0.421. The summed E-state index contributed by atoms with van der Waals surface area (Å²) in [5, 5.41) is 9.39. The smallest absolute Gasteiger partial charge is 0.189 e. The van der Waals surface area contributed by atoms with Gasteiger partial charge in [0, 0.05) is 12.3 Å². The normalized spacial score (nSPS) is 34.1. The Morgan fingerprint density at radius 1 is 1.62 bits per heavy atom. The Kier molecular flexibility index (Phi) is 3.09. The molecule has 13 heavy (non-hydrogen) atoms. The van der Waals surface area contributed by atoms with E-state index < -0.39 is 0 Å². The highest BCUT2D eigenvalue weighted by atomic mass is 16.3. The zero-order valence-corrected chi connectivity index (χ0v) is 8.79. The molecular weight excluding hydrogens is 166 g/mol. The predicted octanol–water partition coefficient (Wildman–Crippen LogP) is 0.423. The molecule has 0 aromatic carbocycles. The van der Waals surface area contributed by atoms with E-state index in [0.29, 0.717) is 12.3 Å². The Labute approximate surface area is 79.9 Å². The van der Waals surface area contributed by atoms with Crippen LogP contribution in [0.25, 0.3) is 0 Å². The number of aliphatic hydroxyl groups excluding tert-OH is 1. The first-order valence-corrected chi connectivity index (χ1v) is 4.97. The number of ketones is 1. The maximum Gasteiger partial charge on any atom is 0.189 e. The maximum atomic E-state index is 11.5. The lowest BCUT2D eigenvalue weighted by molar-refractivity contribution is -0.891. The number of likely N-dealkylation sites (tertiary alicyclic amines) is 1. The van der Waals surface area contributed by atoms with Crippen molar-refractivity contribution in [1.82, 2.24) is 0 Å². The van der Waals surface area contributed by atoms with E-state index in [1.165, 1.54) is 0 Å². The fourth-order valence-electron chi connectivity index (χ4n) is 1.85. The lowest BCUT2D eigenvalue weighted by atomic mass is 10.1. The number of carbonyl (C=O) groups excluding carboxylic acids is 1. The lowest BCUT2D eigenvalue weighted by Gasteiger charge is -2.28. The SMILES string of the molecule is CC(C)C(=O)C[N+]1(C)CCC(O)C1. The first-order valence-electron chi connectivity index (χ1n) is 4.97. The molecule has 0 aromatic rings. The summed E-state index contributed by atoms with van der Waals surface area (Å²) in [6.45, 7) is 6.11. The first kappa shape index (κ1) is 10.7. The average Bonchev–Trinajstić information content (AvgIpc) is 2.30. The molecule has 0 spiro atoms. The minimum atomic E-state index is -0.204. The maximum absolute atomic E-state index is 11.5. The van der Waals surface area contributed by atoms with Gasteiger partial charge in [0.25, 0.3) is 0 Å². The number of quaternary nitrogens is 1. The number of hydrogen-bond acceptors (Lipinski definition) is 2. The van der Waals surface area contributed by atoms with Gasteiger partial charge in [0.15, 0.2) is 5.78 Å². The number of aliphatic hydroxyl groups is 1. The zero-order chi connectivity index (χ0) is 10.1. The molecule has 0 aliphatic carbocycles. The first-order chi connectivity index (χ1) is 5.93. The Balaban J connectivity index is 2.48. The summed E-state index contributed by atoms with van der Waals surface area (Å²) in [6, 6.07) is 0. The second kappa shape index (κ2) is 3.76. The van der Waals surface area contributed by atoms with Crippen LogP contribution in [0.15, 0.2) is 0 Å². The topological polar surface area (TPSA) is 37.3 Å². The average molecular weight is 186 g/mol. The molecule has 1 saturated heterocycles. The van der Waals surface area contributed by atoms with Gasteiger partial charge in [-0.1, -0.05) is 13.8 Å². The number of likely N-dealkylation sites (N-methyl/N-ethyl adjacent to an activating group) is 1. The second-order valence-corrected chi connectivity index (χ2v) is 4.75. The molecule has 3 nitrogen and oxygen atoms in total. The molecule has 1 heterocycles. The van der Waals surface area contributed by atoms with Crippen LogP contribution in [0.1, 0.15) is 20.3 Å². The van der Waals surface area contributed by atoms with E-state index in [0.717, 1.165) is 24.0 Å². The largest absolute Gasteiger partial charge is 0.387 e. The highest BCUT2D eigenvalue weighted by Gasteiger charge is 2.35. The van der Waals surface area contributed by atoms with Crippen molar-refractivity contribution >= 4 is 5.78 Å². The fraction of sp³-hybridized carbons (Fsp3) is 0.900. The Morgan fingerprint density at radius 3 is 2.62 bits per heavy atom. The number of nitrogens with zero attached hydrogens (tertiary/aromatic N) is 1. The van der Waals surface area contributed by atoms with Crippen LogP contribution in [-0.2, 0) is 4.79 Å². The highest BCUT2D eigenvalue weighted by Crippen LogP contribution is 2.17. The minimum absolute atomic E-state index is 0.118. The molecule has 0 bridgehead atoms. The quantitative estimate of drug-likeness (QED) is 0.649. The molecule has 76 valence electrons. The van der Waals surface area contributed by atoms with Gasteiger partial charge in [-0.15, -0.1) is 0 Å². The monoisotopic (exact) mass is 186 g/mol. The third kappa shape index (κ3) is 2.78. The summed E-state index contributed by atoms with van der Waals surface area (Å²) in [4.78, 5) is 11.5. The van der Waals surface area contributed by atoms with E-state index in [-0.39, 0.29) is 12.0 Å². The van der Waals surface area contributed by atoms with Crippen molar-refractivity contribution in [2.45, 2.75) is 26.4 Å². The summed E-state index contributed by atoms with van der Waals surface area (Å²) < 4.78 is 0.720. The van der Waals surface area contributed by atoms with Crippen LogP contribution in [0, 0.1) is 5.92 Å². The van der Waals surface area contributed by atoms with Gasteiger partial charge in [-0.25, -0.2) is 0 Å². The van der Waals surface area contributed by atoms with Crippen LogP contribution >= 0.6 is 0 Å². The second-order valence-electron chi connectivity index (χ2n) is 4.75. The molecule has 0 saturated carbocycles. The lowest BCUT2D eigenvalue weighted by Crippen LogP contribution is -2.47. The number of hydrogen-bond donors (Lipinski definition) is 1. The van der Waals surface area contributed by atoms with Crippen molar-refractivity contribution in [3.63, 3.8) is 0 Å². The predicted molar refractivity (Wildman–Crippen MR) is 51.3 cm³/mol. The van der Waals surface area contributed by atoms with E-state index in [2.05, 4.69) is 7.05 Å². The zero-order valence-electron chi connectivity index (χ0n) is 8.79. The van der Waals surface area contributed by atoms with Crippen LogP contribution in [0.5, 0.6) is 0 Å². The summed E-state index contributed by atoms with van der Waals surface area (Å²) in [6.07, 6.45) is 0.631. The van der Waals surface area contributed by atoms with Crippen molar-refractivity contribution in [1.29, 1.82) is 0 Å². The third-order valence-electron chi connectivity index (χ3n) is 2.84. The molecule has 1 aliphatic rings. The van der Waals surface area contributed by atoms with Crippen LogP contribution in [0.2, 0.25) is 0 Å². The number of carbonyl (C=O) groups is 1. The molecule has 1 aliphatic heterocycles. The van der Waals surface area contributed by atoms with Gasteiger partial charge in [0.1, 0.15) is 19.2 Å². The summed E-state index contributed by atoms with van der Waals surface area (Å²) in [7, 11) is 2.05. The minimum Gasteiger partial charge on any atom is -0.387 e. The standard InChI is InChI=1S/C10H20NO2/c1-8(2)10(13)7-11(3)5-4-9(12)6-11/h8-9,12H,4-7H2,1-3H3/q+1. The van der Waals surface area contributed by atoms with Gasteiger partial charge < -0.3 is 9.59 Å². The van der Waals surface area contributed by atoms with E-state index >= 15 is 0 Å². The molecule has 2 unspecified atom stereocenters. The highest BCUT2D eigenvalue weighted by molar-refractivity contribution is 5.81. The summed E-state index contributed by atoms with van der Waals surface area (Å²) in [5.41, 5.74) is 0. The molecular formula is C10H20NO2+. The molecule has 0 radical (unpaired) electrons. The van der Waals surface area contributed by atoms with Crippen LogP contribution in [-0.4, -0.2) is 48.2 Å². The molecule has 0 amide bonds. The molecule has 1 rings (SSSR count). The van der Waals surface area contributed by atoms with Gasteiger partial charge in [-0.05, 0) is 0 Å². The summed E-state index contributed by atoms with van der Waals surface area (Å²) >= 11 is 0. The fourth-order valence-corrected chi connectivity index (χ4v) is 1.85. The van der Waals surface area contributed by atoms with Crippen molar-refractivity contribution in [3.8, 4) is 0 Å². The van der Waals surface area contributed by atoms with Gasteiger partial charge in [-0.2, -0.15) is 0 Å². The molecule has 2 atom stereocenters. The molecule has 1 fully saturated rings. The van der Waals surface area contributed by atoms with E-state index in [9.17, 15) is 9.90 Å². The van der Waals surface area contributed by atoms with Crippen molar-refractivity contribution in [2.24, 2.45) is 5.92 Å². The van der Waals surface area contributed by atoms with Crippen molar-refractivity contribution < 1.29 is 14.4 Å². The number of Topliss-reactive ketones (excluding diaryl/α,β-unsaturated/α-hetero) is 1. The van der Waals surface area contributed by atoms with Crippen molar-refractivity contribution in [2.75, 3.05) is 26.7 Å². The number of rotatable bonds is 3. The van der Waals surface area contributed by atoms with E-state index in [1.807, 2.05) is 13.8 Å². The molecule has 1 N–H and O–H groups in total. The van der Waals surface area contributed by atoms with E-state index in [1.54, 1.807) is 0 Å². The molecule has 0 aromatic heterocycles. The van der Waals surface area contributed by atoms with Crippen LogP contribution < -0.4 is 0 Å². The van der Waals surface area contributed by atoms with Gasteiger partial charge in [0.2, 0.25) is 0 Å². The van der Waals surface area contributed by atoms with E-state index in [4.69, 9.17) is 0 Å². The van der Waals surface area contributed by atoms with Gasteiger partial charge in [-0.3, -0.25) is 4.79 Å². The third-order valence-corrected chi connectivity index (χ3v) is 2.84. The Morgan fingerprint density at radius 2 is 2.23 bits per heavy atom. The van der Waals surface area contributed by atoms with Crippen LogP contribution in [0.4, 0.5) is 0 Å². The van der Waals surface area contributed by atoms with Gasteiger partial charge >= 0.3 is 0 Å². The Bertz CT molecular complexity index is 203. The van der Waals surface area contributed by atoms with Crippen molar-refractivity contribution in [3.05, 3.63) is 0 Å². The van der Waals surface area contributed by atoms with Gasteiger partial charge in [0.05, 0.1) is 13.6 Å².